The highest BCUT2D eigenvalue weighted by Crippen LogP contribution is 2.19. The average molecular weight is 361 g/mol. The third kappa shape index (κ3) is 3.29. The largest absolute Gasteiger partial charge is 0.350 e. The van der Waals surface area contributed by atoms with Crippen LogP contribution in [0.3, 0.4) is 0 Å². The van der Waals surface area contributed by atoms with Gasteiger partial charge in [0.15, 0.2) is 6.04 Å². The molecule has 0 aliphatic rings. The molecule has 8 nitrogen and oxygen atoms in total. The number of benzene rings is 2. The van der Waals surface area contributed by atoms with Gasteiger partial charge < -0.3 is 9.88 Å². The maximum Gasteiger partial charge on any atom is 0.249 e. The highest BCUT2D eigenvalue weighted by atomic mass is 16.2. The summed E-state index contributed by atoms with van der Waals surface area (Å²) < 4.78 is 3.50. The predicted molar refractivity (Wildman–Crippen MR) is 99.7 cm³/mol. The average Bonchev–Trinajstić information content (AvgIpc) is 3.30. The van der Waals surface area contributed by atoms with E-state index in [4.69, 9.17) is 0 Å². The second-order valence-electron chi connectivity index (χ2n) is 6.36. The van der Waals surface area contributed by atoms with Gasteiger partial charge in [-0.2, -0.15) is 0 Å². The number of carbonyl (C=O) groups is 1. The third-order valence-electron chi connectivity index (χ3n) is 4.63. The molecule has 0 aliphatic carbocycles. The van der Waals surface area contributed by atoms with Crippen molar-refractivity contribution in [2.45, 2.75) is 19.5 Å². The zero-order chi connectivity index (χ0) is 18.8. The Morgan fingerprint density at radius 2 is 2.00 bits per heavy atom. The van der Waals surface area contributed by atoms with E-state index in [0.717, 1.165) is 28.0 Å². The number of nitrogens with zero attached hydrogens (tertiary/aromatic N) is 6. The van der Waals surface area contributed by atoms with Crippen molar-refractivity contribution in [3.8, 4) is 0 Å². The molecule has 1 unspecified atom stereocenters. The van der Waals surface area contributed by atoms with Crippen molar-refractivity contribution < 1.29 is 4.79 Å². The normalized spacial score (nSPS) is 12.2. The van der Waals surface area contributed by atoms with Gasteiger partial charge in [-0.15, -0.1) is 5.10 Å². The molecule has 4 aromatic rings. The fraction of sp³-hybridized carbons (Fsp3) is 0.211. The Morgan fingerprint density at radius 3 is 2.74 bits per heavy atom. The molecule has 2 aromatic carbocycles. The highest BCUT2D eigenvalue weighted by molar-refractivity contribution is 5.83. The number of hydrogen-bond donors (Lipinski definition) is 1. The van der Waals surface area contributed by atoms with Crippen LogP contribution in [0.25, 0.3) is 11.0 Å². The topological polar surface area (TPSA) is 90.5 Å². The summed E-state index contributed by atoms with van der Waals surface area (Å²) in [6, 6.07) is 14.8. The zero-order valence-corrected chi connectivity index (χ0v) is 15.1. The molecule has 1 N–H and O–H groups in total. The SMILES string of the molecule is Cc1nc2cc(CNC(=O)C(c3ccccc3)n3cnnn3)ccc2n1C. The molecule has 8 heteroatoms. The van der Waals surface area contributed by atoms with Gasteiger partial charge in [0.1, 0.15) is 12.2 Å². The van der Waals surface area contributed by atoms with Crippen LogP contribution in [0.5, 0.6) is 0 Å². The van der Waals surface area contributed by atoms with Gasteiger partial charge in [-0.05, 0) is 40.6 Å². The number of imidazole rings is 1. The monoisotopic (exact) mass is 361 g/mol. The van der Waals surface area contributed by atoms with Crippen LogP contribution >= 0.6 is 0 Å². The molecule has 2 heterocycles. The Balaban J connectivity index is 1.55. The summed E-state index contributed by atoms with van der Waals surface area (Å²) in [6.45, 7) is 2.37. The van der Waals surface area contributed by atoms with E-state index in [1.54, 1.807) is 0 Å². The van der Waals surface area contributed by atoms with E-state index in [0.29, 0.717) is 6.54 Å². The Morgan fingerprint density at radius 1 is 1.19 bits per heavy atom. The minimum atomic E-state index is -0.623. The van der Waals surface area contributed by atoms with E-state index < -0.39 is 6.04 Å². The maximum absolute atomic E-state index is 12.9. The van der Waals surface area contributed by atoms with Crippen LogP contribution in [0.15, 0.2) is 54.9 Å². The molecule has 4 rings (SSSR count). The smallest absolute Gasteiger partial charge is 0.249 e. The number of hydrogen-bond acceptors (Lipinski definition) is 5. The Kier molecular flexibility index (Phi) is 4.37. The lowest BCUT2D eigenvalue weighted by Crippen LogP contribution is -2.33. The molecule has 0 spiro atoms. The van der Waals surface area contributed by atoms with Crippen LogP contribution in [0, 0.1) is 6.92 Å². The van der Waals surface area contributed by atoms with Crippen molar-refractivity contribution in [2.75, 3.05) is 0 Å². The van der Waals surface area contributed by atoms with Gasteiger partial charge in [-0.25, -0.2) is 9.67 Å². The first-order chi connectivity index (χ1) is 13.1. The van der Waals surface area contributed by atoms with Crippen molar-refractivity contribution in [2.24, 2.45) is 7.05 Å². The van der Waals surface area contributed by atoms with Crippen molar-refractivity contribution in [1.82, 2.24) is 35.1 Å². The van der Waals surface area contributed by atoms with Gasteiger partial charge in [0.05, 0.1) is 11.0 Å². The van der Waals surface area contributed by atoms with Gasteiger partial charge in [0, 0.05) is 13.6 Å². The summed E-state index contributed by atoms with van der Waals surface area (Å²) >= 11 is 0. The lowest BCUT2D eigenvalue weighted by atomic mass is 10.1. The van der Waals surface area contributed by atoms with Crippen molar-refractivity contribution in [3.63, 3.8) is 0 Å². The summed E-state index contributed by atoms with van der Waals surface area (Å²) in [4.78, 5) is 17.4. The van der Waals surface area contributed by atoms with Crippen LogP contribution in [-0.4, -0.2) is 35.7 Å². The molecule has 0 radical (unpaired) electrons. The molecular weight excluding hydrogens is 342 g/mol. The molecule has 1 atom stereocenters. The fourth-order valence-corrected chi connectivity index (χ4v) is 3.11. The third-order valence-corrected chi connectivity index (χ3v) is 4.63. The van der Waals surface area contributed by atoms with Gasteiger partial charge in [-0.3, -0.25) is 4.79 Å². The number of amides is 1. The Labute approximate surface area is 155 Å². The highest BCUT2D eigenvalue weighted by Gasteiger charge is 2.23. The van der Waals surface area contributed by atoms with Crippen molar-refractivity contribution in [3.05, 3.63) is 71.8 Å². The summed E-state index contributed by atoms with van der Waals surface area (Å²) in [5, 5.41) is 14.2. The maximum atomic E-state index is 12.9. The first-order valence-electron chi connectivity index (χ1n) is 8.60. The lowest BCUT2D eigenvalue weighted by Gasteiger charge is -2.16. The van der Waals surface area contributed by atoms with Gasteiger partial charge in [-0.1, -0.05) is 36.4 Å². The molecule has 136 valence electrons. The molecule has 0 fully saturated rings. The summed E-state index contributed by atoms with van der Waals surface area (Å²) in [5.74, 6) is 0.778. The van der Waals surface area contributed by atoms with Gasteiger partial charge in [0.2, 0.25) is 5.91 Å². The van der Waals surface area contributed by atoms with Crippen LogP contribution in [0.1, 0.15) is 23.0 Å². The Hall–Kier alpha value is -3.55. The quantitative estimate of drug-likeness (QED) is 0.585. The first kappa shape index (κ1) is 16.9. The molecule has 0 saturated heterocycles. The van der Waals surface area contributed by atoms with Crippen LogP contribution in [-0.2, 0) is 18.4 Å². The molecule has 1 amide bonds. The second-order valence-corrected chi connectivity index (χ2v) is 6.36. The molecule has 27 heavy (non-hydrogen) atoms. The van der Waals surface area contributed by atoms with Crippen LogP contribution in [0.2, 0.25) is 0 Å². The minimum absolute atomic E-state index is 0.175. The number of aromatic nitrogens is 6. The van der Waals surface area contributed by atoms with Gasteiger partial charge >= 0.3 is 0 Å². The second kappa shape index (κ2) is 6.99. The number of aryl methyl sites for hydroxylation is 2. The predicted octanol–water partition coefficient (Wildman–Crippen LogP) is 1.77. The van der Waals surface area contributed by atoms with E-state index in [1.165, 1.54) is 11.0 Å². The number of nitrogens with one attached hydrogen (secondary N) is 1. The van der Waals surface area contributed by atoms with E-state index in [-0.39, 0.29) is 5.91 Å². The van der Waals surface area contributed by atoms with Crippen molar-refractivity contribution >= 4 is 16.9 Å². The summed E-state index contributed by atoms with van der Waals surface area (Å²) in [5.41, 5.74) is 3.79. The molecular formula is C19H19N7O. The minimum Gasteiger partial charge on any atom is -0.350 e. The molecule has 0 bridgehead atoms. The molecule has 0 saturated carbocycles. The van der Waals surface area contributed by atoms with E-state index in [9.17, 15) is 4.79 Å². The molecule has 0 aliphatic heterocycles. The molecule has 2 aromatic heterocycles. The Bertz CT molecular complexity index is 1070. The number of tetrazole rings is 1. The fourth-order valence-electron chi connectivity index (χ4n) is 3.11. The summed E-state index contributed by atoms with van der Waals surface area (Å²) in [7, 11) is 1.99. The standard InChI is InChI=1S/C19H19N7O/c1-13-22-16-10-14(8-9-17(16)25(13)2)11-20-19(27)18(26-12-21-23-24-26)15-6-4-3-5-7-15/h3-10,12,18H,11H2,1-2H3,(H,20,27). The van der Waals surface area contributed by atoms with Crippen molar-refractivity contribution in [1.29, 1.82) is 0 Å². The van der Waals surface area contributed by atoms with Crippen LogP contribution < -0.4 is 5.32 Å². The van der Waals surface area contributed by atoms with E-state index >= 15 is 0 Å². The van der Waals surface area contributed by atoms with Gasteiger partial charge in [0.25, 0.3) is 0 Å². The first-order valence-corrected chi connectivity index (χ1v) is 8.60. The summed E-state index contributed by atoms with van der Waals surface area (Å²) in [6.07, 6.45) is 1.44. The number of carbonyl (C=O) groups excluding carboxylic acids is 1. The number of fused-ring (bicyclic) bond motifs is 1. The van der Waals surface area contributed by atoms with E-state index in [2.05, 4.69) is 25.8 Å². The van der Waals surface area contributed by atoms with Crippen LogP contribution in [0.4, 0.5) is 0 Å². The number of rotatable bonds is 5. The lowest BCUT2D eigenvalue weighted by molar-refractivity contribution is -0.123. The van der Waals surface area contributed by atoms with E-state index in [1.807, 2.05) is 67.1 Å². The zero-order valence-electron chi connectivity index (χ0n) is 15.1.